The lowest BCUT2D eigenvalue weighted by atomic mass is 10.2. The molecule has 3 nitrogen and oxygen atoms in total. The van der Waals surface area contributed by atoms with Crippen LogP contribution in [0.2, 0.25) is 0 Å². The Morgan fingerprint density at radius 2 is 1.67 bits per heavy atom. The first kappa shape index (κ1) is 11.3. The van der Waals surface area contributed by atoms with Crippen molar-refractivity contribution >= 4 is 7.60 Å². The van der Waals surface area contributed by atoms with E-state index in [-0.39, 0.29) is 10.9 Å². The van der Waals surface area contributed by atoms with E-state index in [4.69, 9.17) is 9.79 Å². The van der Waals surface area contributed by atoms with Gasteiger partial charge in [0.15, 0.2) is 0 Å². The average molecular weight is 192 g/mol. The molecule has 0 bridgehead atoms. The summed E-state index contributed by atoms with van der Waals surface area (Å²) in [7, 11) is -3.89. The molecule has 0 radical (unpaired) electrons. The van der Waals surface area contributed by atoms with Gasteiger partial charge in [0.2, 0.25) is 0 Å². The van der Waals surface area contributed by atoms with Crippen molar-refractivity contribution < 1.29 is 19.1 Å². The molecule has 1 rings (SSSR count). The van der Waals surface area contributed by atoms with Crippen LogP contribution in [0, 0.1) is 0 Å². The maximum Gasteiger partial charge on any atom is 0.329 e. The zero-order valence-corrected chi connectivity index (χ0v) is 7.15. The fourth-order valence-corrected chi connectivity index (χ4v) is 1.51. The molecule has 0 aliphatic heterocycles. The highest BCUT2D eigenvalue weighted by molar-refractivity contribution is 7.50. The van der Waals surface area contributed by atoms with Gasteiger partial charge >= 0.3 is 7.60 Å². The minimum absolute atomic E-state index is 0. The third-order valence-corrected chi connectivity index (χ3v) is 2.01. The van der Waals surface area contributed by atoms with Crippen molar-refractivity contribution in [3.8, 4) is 0 Å². The maximum absolute atomic E-state index is 10.5. The lowest BCUT2D eigenvalue weighted by molar-refractivity contribution is 0.371. The molecule has 0 aromatic heterocycles. The Morgan fingerprint density at radius 1 is 1.17 bits per heavy atom. The first-order valence-electron chi connectivity index (χ1n) is 3.16. The molecule has 0 heterocycles. The summed E-state index contributed by atoms with van der Waals surface area (Å²) in [4.78, 5) is 17.2. The topological polar surface area (TPSA) is 57.5 Å². The van der Waals surface area contributed by atoms with E-state index in [1.165, 1.54) is 0 Å². The lowest BCUT2D eigenvalue weighted by Crippen LogP contribution is -1.84. The summed E-state index contributed by atoms with van der Waals surface area (Å²) in [5.74, 6) is 0. The number of hydrogen-bond donors (Lipinski definition) is 2. The summed E-state index contributed by atoms with van der Waals surface area (Å²) in [6.07, 6.45) is -0.173. The van der Waals surface area contributed by atoms with Gasteiger partial charge in [-0.3, -0.25) is 9.27 Å². The van der Waals surface area contributed by atoms with Crippen LogP contribution in [0.25, 0.3) is 0 Å². The molecular weight excluding hydrogens is 182 g/mol. The molecule has 0 saturated heterocycles. The van der Waals surface area contributed by atoms with Gasteiger partial charge in [0.05, 0.1) is 6.16 Å². The Labute approximate surface area is 69.6 Å². The average Bonchev–Trinajstić information content (AvgIpc) is 1.85. The van der Waals surface area contributed by atoms with Crippen LogP contribution >= 0.6 is 7.60 Å². The standard InChI is InChI=1S/C7H9O3P.FH/c8-11(9,10)6-7-4-2-1-3-5-7;/h1-5H,6H2,(H2,8,9,10);1H. The van der Waals surface area contributed by atoms with E-state index in [2.05, 4.69) is 0 Å². The molecule has 0 aliphatic carbocycles. The van der Waals surface area contributed by atoms with Gasteiger partial charge in [0, 0.05) is 0 Å². The van der Waals surface area contributed by atoms with E-state index in [1.807, 2.05) is 6.07 Å². The van der Waals surface area contributed by atoms with Crippen LogP contribution in [0.5, 0.6) is 0 Å². The van der Waals surface area contributed by atoms with Crippen LogP contribution in [0.4, 0.5) is 4.70 Å². The quantitative estimate of drug-likeness (QED) is 0.698. The van der Waals surface area contributed by atoms with Crippen molar-refractivity contribution in [1.29, 1.82) is 0 Å². The van der Waals surface area contributed by atoms with Gasteiger partial charge in [0.25, 0.3) is 0 Å². The molecule has 0 saturated carbocycles. The van der Waals surface area contributed by atoms with Crippen LogP contribution in [0.1, 0.15) is 5.56 Å². The van der Waals surface area contributed by atoms with Crippen LogP contribution in [-0.4, -0.2) is 9.79 Å². The van der Waals surface area contributed by atoms with Crippen molar-refractivity contribution in [2.75, 3.05) is 0 Å². The summed E-state index contributed by atoms with van der Waals surface area (Å²) >= 11 is 0. The van der Waals surface area contributed by atoms with Gasteiger partial charge < -0.3 is 9.79 Å². The molecule has 68 valence electrons. The van der Waals surface area contributed by atoms with Gasteiger partial charge in [-0.2, -0.15) is 0 Å². The summed E-state index contributed by atoms with van der Waals surface area (Å²) in [6, 6.07) is 8.71. The third kappa shape index (κ3) is 4.23. The number of halogens is 1. The summed E-state index contributed by atoms with van der Waals surface area (Å²) in [6.45, 7) is 0. The Morgan fingerprint density at radius 3 is 2.08 bits per heavy atom. The summed E-state index contributed by atoms with van der Waals surface area (Å²) in [5, 5.41) is 0. The van der Waals surface area contributed by atoms with Crippen molar-refractivity contribution in [1.82, 2.24) is 0 Å². The highest BCUT2D eigenvalue weighted by atomic mass is 31.2. The van der Waals surface area contributed by atoms with E-state index in [0.717, 1.165) is 0 Å². The van der Waals surface area contributed by atoms with Gasteiger partial charge in [-0.05, 0) is 5.56 Å². The van der Waals surface area contributed by atoms with Gasteiger partial charge in [-0.25, -0.2) is 0 Å². The lowest BCUT2D eigenvalue weighted by Gasteiger charge is -2.01. The highest BCUT2D eigenvalue weighted by Gasteiger charge is 2.12. The van der Waals surface area contributed by atoms with E-state index >= 15 is 0 Å². The number of benzene rings is 1. The Hall–Kier alpha value is -0.700. The smallest absolute Gasteiger partial charge is 0.324 e. The predicted octanol–water partition coefficient (Wildman–Crippen LogP) is 1.52. The molecule has 0 amide bonds. The molecule has 12 heavy (non-hydrogen) atoms. The second kappa shape index (κ2) is 4.36. The summed E-state index contributed by atoms with van der Waals surface area (Å²) < 4.78 is 10.5. The van der Waals surface area contributed by atoms with Crippen LogP contribution in [0.15, 0.2) is 30.3 Å². The van der Waals surface area contributed by atoms with E-state index in [9.17, 15) is 4.57 Å². The highest BCUT2D eigenvalue weighted by Crippen LogP contribution is 2.38. The third-order valence-electron chi connectivity index (χ3n) is 1.23. The molecule has 0 atom stereocenters. The van der Waals surface area contributed by atoms with Crippen molar-refractivity contribution in [2.24, 2.45) is 0 Å². The number of hydrogen-bond acceptors (Lipinski definition) is 1. The normalized spacial score (nSPS) is 10.5. The predicted molar refractivity (Wildman–Crippen MR) is 44.7 cm³/mol. The van der Waals surface area contributed by atoms with Crippen LogP contribution in [-0.2, 0) is 10.7 Å². The molecule has 0 aliphatic rings. The number of rotatable bonds is 2. The Balaban J connectivity index is 0.00000121. The van der Waals surface area contributed by atoms with Crippen molar-refractivity contribution in [3.05, 3.63) is 35.9 Å². The zero-order valence-electron chi connectivity index (χ0n) is 6.25. The fourth-order valence-electron chi connectivity index (χ4n) is 0.821. The molecule has 1 aromatic rings. The van der Waals surface area contributed by atoms with Gasteiger partial charge in [0.1, 0.15) is 0 Å². The molecule has 0 spiro atoms. The van der Waals surface area contributed by atoms with E-state index < -0.39 is 7.60 Å². The minimum atomic E-state index is -3.89. The van der Waals surface area contributed by atoms with Gasteiger partial charge in [-0.1, -0.05) is 30.3 Å². The summed E-state index contributed by atoms with van der Waals surface area (Å²) in [5.41, 5.74) is 0.667. The SMILES string of the molecule is F.O=P(O)(O)Cc1ccccc1. The fraction of sp³-hybridized carbons (Fsp3) is 0.143. The molecular formula is C7H10FO3P. The molecule has 1 aromatic carbocycles. The maximum atomic E-state index is 10.5. The van der Waals surface area contributed by atoms with E-state index in [1.54, 1.807) is 24.3 Å². The first-order valence-corrected chi connectivity index (χ1v) is 4.96. The molecule has 2 N–H and O–H groups in total. The minimum Gasteiger partial charge on any atom is -0.324 e. The monoisotopic (exact) mass is 192 g/mol. The largest absolute Gasteiger partial charge is 0.329 e. The van der Waals surface area contributed by atoms with Crippen LogP contribution < -0.4 is 0 Å². The van der Waals surface area contributed by atoms with Crippen LogP contribution in [0.3, 0.4) is 0 Å². The second-order valence-corrected chi connectivity index (χ2v) is 3.95. The van der Waals surface area contributed by atoms with Crippen molar-refractivity contribution in [2.45, 2.75) is 6.16 Å². The van der Waals surface area contributed by atoms with Gasteiger partial charge in [-0.15, -0.1) is 0 Å². The first-order chi connectivity index (χ1) is 5.08. The van der Waals surface area contributed by atoms with Crippen molar-refractivity contribution in [3.63, 3.8) is 0 Å². The molecule has 0 fully saturated rings. The van der Waals surface area contributed by atoms with E-state index in [0.29, 0.717) is 5.56 Å². The molecule has 5 heteroatoms. The Bertz CT molecular complexity index is 269. The molecule has 0 unspecified atom stereocenters. The Kier molecular flexibility index (Phi) is 4.10. The zero-order chi connectivity index (χ0) is 8.32. The second-order valence-electron chi connectivity index (χ2n) is 2.31.